The van der Waals surface area contributed by atoms with E-state index < -0.39 is 0 Å². The summed E-state index contributed by atoms with van der Waals surface area (Å²) < 4.78 is 0. The molecule has 1 heterocycles. The third kappa shape index (κ3) is 3.21. The van der Waals surface area contributed by atoms with E-state index in [9.17, 15) is 0 Å². The zero-order valence-electron chi connectivity index (χ0n) is 11.2. The van der Waals surface area contributed by atoms with Gasteiger partial charge in [-0.1, -0.05) is 13.8 Å². The van der Waals surface area contributed by atoms with Crippen LogP contribution in [-0.4, -0.2) is 36.6 Å². The molecule has 2 nitrogen and oxygen atoms in total. The minimum atomic E-state index is 0.747. The molecule has 94 valence electrons. The first-order valence-corrected chi connectivity index (χ1v) is 7.18. The fourth-order valence-corrected chi connectivity index (χ4v) is 2.94. The highest BCUT2D eigenvalue weighted by atomic mass is 15.2. The average Bonchev–Trinajstić information content (AvgIpc) is 3.07. The molecule has 1 aliphatic carbocycles. The Kier molecular flexibility index (Phi) is 4.26. The van der Waals surface area contributed by atoms with Crippen molar-refractivity contribution in [1.82, 2.24) is 10.2 Å². The van der Waals surface area contributed by atoms with Crippen LogP contribution in [-0.2, 0) is 0 Å². The zero-order valence-corrected chi connectivity index (χ0v) is 11.2. The van der Waals surface area contributed by atoms with Crippen molar-refractivity contribution in [2.24, 2.45) is 11.8 Å². The van der Waals surface area contributed by atoms with E-state index in [1.807, 2.05) is 0 Å². The van der Waals surface area contributed by atoms with Crippen LogP contribution in [0.4, 0.5) is 0 Å². The van der Waals surface area contributed by atoms with Crippen molar-refractivity contribution < 1.29 is 0 Å². The molecule has 3 unspecified atom stereocenters. The van der Waals surface area contributed by atoms with Crippen LogP contribution in [0.25, 0.3) is 0 Å². The van der Waals surface area contributed by atoms with Crippen molar-refractivity contribution in [3.05, 3.63) is 0 Å². The number of rotatable bonds is 3. The lowest BCUT2D eigenvalue weighted by Gasteiger charge is -2.36. The van der Waals surface area contributed by atoms with Crippen LogP contribution in [0, 0.1) is 11.8 Å². The maximum absolute atomic E-state index is 3.70. The summed E-state index contributed by atoms with van der Waals surface area (Å²) in [6.45, 7) is 10.9. The molecule has 16 heavy (non-hydrogen) atoms. The summed E-state index contributed by atoms with van der Waals surface area (Å²) in [5.41, 5.74) is 0. The van der Waals surface area contributed by atoms with Gasteiger partial charge in [-0.25, -0.2) is 0 Å². The van der Waals surface area contributed by atoms with E-state index in [0.717, 1.165) is 23.9 Å². The predicted molar refractivity (Wildman–Crippen MR) is 69.6 cm³/mol. The van der Waals surface area contributed by atoms with Gasteiger partial charge in [0.2, 0.25) is 0 Å². The molecular weight excluding hydrogens is 196 g/mol. The lowest BCUT2D eigenvalue weighted by atomic mass is 10.0. The second-order valence-corrected chi connectivity index (χ2v) is 5.98. The second-order valence-electron chi connectivity index (χ2n) is 5.98. The van der Waals surface area contributed by atoms with Crippen LogP contribution < -0.4 is 5.32 Å². The molecule has 0 aromatic heterocycles. The number of nitrogens with one attached hydrogen (secondary N) is 1. The van der Waals surface area contributed by atoms with Crippen molar-refractivity contribution in [2.45, 2.75) is 58.5 Å². The van der Waals surface area contributed by atoms with E-state index in [4.69, 9.17) is 0 Å². The van der Waals surface area contributed by atoms with Gasteiger partial charge in [0.25, 0.3) is 0 Å². The first kappa shape index (κ1) is 12.4. The highest BCUT2D eigenvalue weighted by Crippen LogP contribution is 2.35. The van der Waals surface area contributed by atoms with Gasteiger partial charge in [0.15, 0.2) is 0 Å². The minimum Gasteiger partial charge on any atom is -0.314 e. The van der Waals surface area contributed by atoms with Crippen LogP contribution in [0.2, 0.25) is 0 Å². The van der Waals surface area contributed by atoms with E-state index >= 15 is 0 Å². The number of nitrogens with zero attached hydrogens (tertiary/aromatic N) is 1. The second kappa shape index (κ2) is 5.50. The van der Waals surface area contributed by atoms with Gasteiger partial charge in [0, 0.05) is 18.6 Å². The van der Waals surface area contributed by atoms with Gasteiger partial charge in [-0.3, -0.25) is 0 Å². The standard InChI is InChI=1S/C14H28N2/c1-4-14-7-8-16(10-11(2)9-15-14)12(3)13-5-6-13/h11-15H,4-10H2,1-3H3. The van der Waals surface area contributed by atoms with Gasteiger partial charge in [-0.05, 0) is 57.5 Å². The van der Waals surface area contributed by atoms with Gasteiger partial charge < -0.3 is 10.2 Å². The molecule has 1 N–H and O–H groups in total. The third-order valence-corrected chi connectivity index (χ3v) is 4.44. The largest absolute Gasteiger partial charge is 0.314 e. The molecular formula is C14H28N2. The fourth-order valence-electron chi connectivity index (χ4n) is 2.94. The minimum absolute atomic E-state index is 0.747. The average molecular weight is 224 g/mol. The summed E-state index contributed by atoms with van der Waals surface area (Å²) in [5, 5.41) is 3.70. The Labute approximate surface area is 101 Å². The number of hydrogen-bond donors (Lipinski definition) is 1. The summed E-state index contributed by atoms with van der Waals surface area (Å²) in [6.07, 6.45) is 5.56. The smallest absolute Gasteiger partial charge is 0.00953 e. The normalized spacial score (nSPS) is 35.4. The van der Waals surface area contributed by atoms with Crippen molar-refractivity contribution in [2.75, 3.05) is 19.6 Å². The first-order chi connectivity index (χ1) is 7.70. The van der Waals surface area contributed by atoms with Gasteiger partial charge in [0.05, 0.1) is 0 Å². The van der Waals surface area contributed by atoms with Crippen LogP contribution in [0.1, 0.15) is 46.5 Å². The Bertz CT molecular complexity index is 213. The molecule has 2 rings (SSSR count). The van der Waals surface area contributed by atoms with E-state index in [0.29, 0.717) is 0 Å². The summed E-state index contributed by atoms with van der Waals surface area (Å²) >= 11 is 0. The zero-order chi connectivity index (χ0) is 11.5. The van der Waals surface area contributed by atoms with E-state index in [2.05, 4.69) is 31.0 Å². The molecule has 0 amide bonds. The molecule has 0 spiro atoms. The maximum atomic E-state index is 3.70. The van der Waals surface area contributed by atoms with Crippen LogP contribution >= 0.6 is 0 Å². The van der Waals surface area contributed by atoms with Crippen molar-refractivity contribution in [1.29, 1.82) is 0 Å². The Morgan fingerprint density at radius 2 is 2.06 bits per heavy atom. The Morgan fingerprint density at radius 1 is 1.31 bits per heavy atom. The van der Waals surface area contributed by atoms with Crippen LogP contribution in [0.15, 0.2) is 0 Å². The first-order valence-electron chi connectivity index (χ1n) is 7.18. The summed E-state index contributed by atoms with van der Waals surface area (Å²) in [7, 11) is 0. The molecule has 2 heteroatoms. The fraction of sp³-hybridized carbons (Fsp3) is 1.00. The lowest BCUT2D eigenvalue weighted by Crippen LogP contribution is -2.46. The van der Waals surface area contributed by atoms with Crippen molar-refractivity contribution in [3.63, 3.8) is 0 Å². The highest BCUT2D eigenvalue weighted by Gasteiger charge is 2.33. The number of hydrogen-bond acceptors (Lipinski definition) is 2. The summed E-state index contributed by atoms with van der Waals surface area (Å²) in [6, 6.07) is 1.58. The SMILES string of the molecule is CCC1CCN(C(C)C2CC2)CC(C)CN1. The van der Waals surface area contributed by atoms with E-state index in [1.54, 1.807) is 0 Å². The predicted octanol–water partition coefficient (Wildman–Crippen LogP) is 2.49. The quantitative estimate of drug-likeness (QED) is 0.792. The van der Waals surface area contributed by atoms with Crippen LogP contribution in [0.5, 0.6) is 0 Å². The van der Waals surface area contributed by atoms with Crippen LogP contribution in [0.3, 0.4) is 0 Å². The van der Waals surface area contributed by atoms with Gasteiger partial charge >= 0.3 is 0 Å². The molecule has 0 aromatic carbocycles. The Hall–Kier alpha value is -0.0800. The molecule has 0 bridgehead atoms. The molecule has 1 saturated carbocycles. The highest BCUT2D eigenvalue weighted by molar-refractivity contribution is 4.87. The van der Waals surface area contributed by atoms with E-state index in [-0.39, 0.29) is 0 Å². The Balaban J connectivity index is 1.89. The van der Waals surface area contributed by atoms with Crippen molar-refractivity contribution >= 4 is 0 Å². The lowest BCUT2D eigenvalue weighted by molar-refractivity contribution is 0.140. The van der Waals surface area contributed by atoms with Gasteiger partial charge in [-0.2, -0.15) is 0 Å². The monoisotopic (exact) mass is 224 g/mol. The molecule has 1 saturated heterocycles. The van der Waals surface area contributed by atoms with Crippen molar-refractivity contribution in [3.8, 4) is 0 Å². The molecule has 2 fully saturated rings. The molecule has 1 aliphatic heterocycles. The molecule has 3 atom stereocenters. The third-order valence-electron chi connectivity index (χ3n) is 4.44. The molecule has 2 aliphatic rings. The topological polar surface area (TPSA) is 15.3 Å². The molecule has 0 radical (unpaired) electrons. The maximum Gasteiger partial charge on any atom is 0.00953 e. The summed E-state index contributed by atoms with van der Waals surface area (Å²) in [4.78, 5) is 2.76. The van der Waals surface area contributed by atoms with Gasteiger partial charge in [0.1, 0.15) is 0 Å². The molecule has 0 aromatic rings. The van der Waals surface area contributed by atoms with Gasteiger partial charge in [-0.15, -0.1) is 0 Å². The Morgan fingerprint density at radius 3 is 2.69 bits per heavy atom. The van der Waals surface area contributed by atoms with E-state index in [1.165, 1.54) is 45.3 Å². The summed E-state index contributed by atoms with van der Waals surface area (Å²) in [5.74, 6) is 1.82.